The van der Waals surface area contributed by atoms with Gasteiger partial charge < -0.3 is 0 Å². The fraction of sp³-hybridized carbons (Fsp3) is 0.0870. The highest BCUT2D eigenvalue weighted by Crippen LogP contribution is 2.16. The van der Waals surface area contributed by atoms with E-state index in [0.29, 0.717) is 11.1 Å². The van der Waals surface area contributed by atoms with Crippen molar-refractivity contribution in [1.82, 2.24) is 4.72 Å². The van der Waals surface area contributed by atoms with Crippen molar-refractivity contribution in [3.63, 3.8) is 0 Å². The van der Waals surface area contributed by atoms with Crippen LogP contribution in [0.1, 0.15) is 21.5 Å². The summed E-state index contributed by atoms with van der Waals surface area (Å²) in [5.41, 5.74) is 2.04. The van der Waals surface area contributed by atoms with Crippen LogP contribution in [0.4, 0.5) is 4.39 Å². The maximum Gasteiger partial charge on any atom is 0.240 e. The summed E-state index contributed by atoms with van der Waals surface area (Å²) in [6.45, 7) is 1.64. The van der Waals surface area contributed by atoms with Gasteiger partial charge in [0.05, 0.1) is 4.90 Å². The number of aryl methyl sites for hydroxylation is 1. The molecule has 3 rings (SSSR count). The molecule has 0 heterocycles. The molecular weight excluding hydrogens is 389 g/mol. The number of hydrogen-bond donors (Lipinski definition) is 1. The molecule has 4 nitrogen and oxygen atoms in total. The first kappa shape index (κ1) is 20.6. The Morgan fingerprint density at radius 3 is 2.31 bits per heavy atom. The zero-order chi connectivity index (χ0) is 20.9. The van der Waals surface area contributed by atoms with E-state index in [-0.39, 0.29) is 22.8 Å². The summed E-state index contributed by atoms with van der Waals surface area (Å²) in [4.78, 5) is 13.0. The number of hydrogen-bond acceptors (Lipinski definition) is 3. The molecule has 0 unspecified atom stereocenters. The predicted molar refractivity (Wildman–Crippen MR) is 112 cm³/mol. The molecule has 0 bridgehead atoms. The molecule has 0 atom stereocenters. The van der Waals surface area contributed by atoms with Crippen LogP contribution in [0, 0.1) is 12.7 Å². The summed E-state index contributed by atoms with van der Waals surface area (Å²) < 4.78 is 41.2. The molecule has 1 N–H and O–H groups in total. The second-order valence-electron chi connectivity index (χ2n) is 6.56. The third-order valence-corrected chi connectivity index (χ3v) is 5.72. The van der Waals surface area contributed by atoms with Crippen LogP contribution >= 0.6 is 0 Å². The lowest BCUT2D eigenvalue weighted by Gasteiger charge is -2.11. The second kappa shape index (κ2) is 8.94. The standard InChI is InChI=1S/C23H20FNO3S/c1-17-10-12-22(13-11-17)29(27,28)25-16-20(14-18-6-5-9-21(24)15-18)23(26)19-7-3-2-4-8-19/h2-15,25H,16H2,1H3/b20-14+. The van der Waals surface area contributed by atoms with E-state index in [9.17, 15) is 17.6 Å². The van der Waals surface area contributed by atoms with Crippen molar-refractivity contribution in [3.8, 4) is 0 Å². The molecular formula is C23H20FNO3S. The van der Waals surface area contributed by atoms with Gasteiger partial charge in [-0.1, -0.05) is 60.2 Å². The number of carbonyl (C=O) groups excluding carboxylic acids is 1. The number of halogens is 1. The van der Waals surface area contributed by atoms with Crippen molar-refractivity contribution < 1.29 is 17.6 Å². The van der Waals surface area contributed by atoms with Gasteiger partial charge in [-0.15, -0.1) is 0 Å². The number of Topliss-reactive ketones (excluding diaryl/α,β-unsaturated/α-hetero) is 1. The lowest BCUT2D eigenvalue weighted by molar-refractivity contribution is 0.103. The first-order valence-corrected chi connectivity index (χ1v) is 10.5. The van der Waals surface area contributed by atoms with Crippen molar-refractivity contribution in [2.75, 3.05) is 6.54 Å². The van der Waals surface area contributed by atoms with E-state index in [1.54, 1.807) is 48.5 Å². The Hall–Kier alpha value is -3.09. The van der Waals surface area contributed by atoms with Gasteiger partial charge in [-0.25, -0.2) is 17.5 Å². The summed E-state index contributed by atoms with van der Waals surface area (Å²) in [7, 11) is -3.81. The molecule has 0 saturated carbocycles. The molecule has 0 fully saturated rings. The van der Waals surface area contributed by atoms with E-state index in [1.807, 2.05) is 6.92 Å². The zero-order valence-corrected chi connectivity index (χ0v) is 16.6. The number of ketones is 1. The Morgan fingerprint density at radius 1 is 0.966 bits per heavy atom. The van der Waals surface area contributed by atoms with Crippen molar-refractivity contribution in [2.45, 2.75) is 11.8 Å². The van der Waals surface area contributed by atoms with Crippen LogP contribution in [0.15, 0.2) is 89.3 Å². The lowest BCUT2D eigenvalue weighted by Crippen LogP contribution is -2.28. The molecule has 29 heavy (non-hydrogen) atoms. The van der Waals surface area contributed by atoms with Crippen molar-refractivity contribution >= 4 is 21.9 Å². The third kappa shape index (κ3) is 5.47. The van der Waals surface area contributed by atoms with Gasteiger partial charge in [-0.05, 0) is 42.8 Å². The molecule has 0 aromatic heterocycles. The van der Waals surface area contributed by atoms with E-state index in [2.05, 4.69) is 4.72 Å². The van der Waals surface area contributed by atoms with Crippen LogP contribution in [0.3, 0.4) is 0 Å². The summed E-state index contributed by atoms with van der Waals surface area (Å²) >= 11 is 0. The van der Waals surface area contributed by atoms with Gasteiger partial charge in [0, 0.05) is 17.7 Å². The normalized spacial score (nSPS) is 12.0. The Labute approximate surface area is 169 Å². The topological polar surface area (TPSA) is 63.2 Å². The molecule has 3 aromatic rings. The number of benzene rings is 3. The molecule has 148 valence electrons. The maximum atomic E-state index is 13.5. The van der Waals surface area contributed by atoms with Crippen LogP contribution < -0.4 is 4.72 Å². The van der Waals surface area contributed by atoms with Crippen LogP contribution in [-0.2, 0) is 10.0 Å². The molecule has 0 spiro atoms. The van der Waals surface area contributed by atoms with Crippen LogP contribution in [0.25, 0.3) is 6.08 Å². The SMILES string of the molecule is Cc1ccc(S(=O)(=O)NC/C(=C\c2cccc(F)c2)C(=O)c2ccccc2)cc1. The van der Waals surface area contributed by atoms with Crippen LogP contribution in [0.5, 0.6) is 0 Å². The molecule has 0 aliphatic heterocycles. The highest BCUT2D eigenvalue weighted by atomic mass is 32.2. The van der Waals surface area contributed by atoms with E-state index in [4.69, 9.17) is 0 Å². The van der Waals surface area contributed by atoms with Crippen LogP contribution in [0.2, 0.25) is 0 Å². The fourth-order valence-corrected chi connectivity index (χ4v) is 3.75. The van der Waals surface area contributed by atoms with Gasteiger partial charge >= 0.3 is 0 Å². The second-order valence-corrected chi connectivity index (χ2v) is 8.32. The lowest BCUT2D eigenvalue weighted by atomic mass is 10.0. The smallest absolute Gasteiger partial charge is 0.240 e. The van der Waals surface area contributed by atoms with Crippen molar-refractivity contribution in [1.29, 1.82) is 0 Å². The average molecular weight is 409 g/mol. The molecule has 0 radical (unpaired) electrons. The largest absolute Gasteiger partial charge is 0.289 e. The predicted octanol–water partition coefficient (Wildman–Crippen LogP) is 4.38. The highest BCUT2D eigenvalue weighted by molar-refractivity contribution is 7.89. The highest BCUT2D eigenvalue weighted by Gasteiger charge is 2.18. The summed E-state index contributed by atoms with van der Waals surface area (Å²) in [6.07, 6.45) is 1.50. The minimum Gasteiger partial charge on any atom is -0.289 e. The average Bonchev–Trinajstić information content (AvgIpc) is 2.71. The Balaban J connectivity index is 1.91. The fourth-order valence-electron chi connectivity index (χ4n) is 2.74. The van der Waals surface area contributed by atoms with Gasteiger partial charge in [0.2, 0.25) is 10.0 Å². The maximum absolute atomic E-state index is 13.5. The molecule has 0 amide bonds. The van der Waals surface area contributed by atoms with E-state index in [1.165, 1.54) is 36.4 Å². The monoisotopic (exact) mass is 409 g/mol. The summed E-state index contributed by atoms with van der Waals surface area (Å²) in [5.74, 6) is -0.771. The van der Waals surface area contributed by atoms with E-state index >= 15 is 0 Å². The number of nitrogens with one attached hydrogen (secondary N) is 1. The van der Waals surface area contributed by atoms with Gasteiger partial charge in [0.1, 0.15) is 5.82 Å². The van der Waals surface area contributed by atoms with Crippen LogP contribution in [-0.4, -0.2) is 20.7 Å². The Bertz CT molecular complexity index is 1140. The third-order valence-electron chi connectivity index (χ3n) is 4.30. The van der Waals surface area contributed by atoms with Gasteiger partial charge in [-0.3, -0.25) is 4.79 Å². The molecule has 0 aliphatic carbocycles. The number of rotatable bonds is 7. The van der Waals surface area contributed by atoms with Gasteiger partial charge in [-0.2, -0.15) is 0 Å². The minimum atomic E-state index is -3.81. The molecule has 6 heteroatoms. The Morgan fingerprint density at radius 2 is 1.66 bits per heavy atom. The van der Waals surface area contributed by atoms with Crippen molar-refractivity contribution in [2.24, 2.45) is 0 Å². The Kier molecular flexibility index (Phi) is 6.36. The summed E-state index contributed by atoms with van der Waals surface area (Å²) in [6, 6.07) is 20.7. The van der Waals surface area contributed by atoms with Gasteiger partial charge in [0.15, 0.2) is 5.78 Å². The molecule has 3 aromatic carbocycles. The quantitative estimate of drug-likeness (QED) is 0.465. The molecule has 0 saturated heterocycles. The van der Waals surface area contributed by atoms with E-state index < -0.39 is 15.8 Å². The summed E-state index contributed by atoms with van der Waals surface area (Å²) in [5, 5.41) is 0. The molecule has 0 aliphatic rings. The van der Waals surface area contributed by atoms with Gasteiger partial charge in [0.25, 0.3) is 0 Å². The van der Waals surface area contributed by atoms with Crippen molar-refractivity contribution in [3.05, 3.63) is 107 Å². The first-order chi connectivity index (χ1) is 13.8. The first-order valence-electron chi connectivity index (χ1n) is 8.97. The zero-order valence-electron chi connectivity index (χ0n) is 15.8. The minimum absolute atomic E-state index is 0.111. The number of carbonyl (C=O) groups is 1. The van der Waals surface area contributed by atoms with E-state index in [0.717, 1.165) is 5.56 Å². The number of sulfonamides is 1.